The largest absolute Gasteiger partial charge is 0.276 e. The molecule has 0 radical (unpaired) electrons. The Morgan fingerprint density at radius 2 is 1.71 bits per heavy atom. The molecule has 2 aromatic rings. The molecule has 0 unspecified atom stereocenters. The summed E-state index contributed by atoms with van der Waals surface area (Å²) in [6, 6.07) is 13.0. The summed E-state index contributed by atoms with van der Waals surface area (Å²) in [4.78, 5) is 34.0. The molecule has 0 aromatic heterocycles. The number of amides is 2. The summed E-state index contributed by atoms with van der Waals surface area (Å²) < 4.78 is 0. The summed E-state index contributed by atoms with van der Waals surface area (Å²) in [7, 11) is 0. The Labute approximate surface area is 138 Å². The number of hydrogen-bond acceptors (Lipinski definition) is 4. The van der Waals surface area contributed by atoms with Crippen LogP contribution in [0.25, 0.3) is 6.08 Å². The van der Waals surface area contributed by atoms with Crippen LogP contribution in [0.5, 0.6) is 0 Å². The summed E-state index contributed by atoms with van der Waals surface area (Å²) in [5.74, 6) is -1.05. The molecular weight excluding hydrogens is 310 g/mol. The van der Waals surface area contributed by atoms with Crippen molar-refractivity contribution >= 4 is 23.6 Å². The van der Waals surface area contributed by atoms with Crippen LogP contribution in [0.2, 0.25) is 0 Å². The van der Waals surface area contributed by atoms with E-state index in [4.69, 9.17) is 0 Å². The van der Waals surface area contributed by atoms with Crippen molar-refractivity contribution in [3.8, 4) is 0 Å². The van der Waals surface area contributed by atoms with Crippen molar-refractivity contribution in [1.29, 1.82) is 0 Å². The SMILES string of the molecule is Cc1ccccc1C(=O)NNC(=O)/C=C/c1ccccc1[N+](=O)[O-]. The van der Waals surface area contributed by atoms with Gasteiger partial charge in [0.05, 0.1) is 10.5 Å². The molecule has 0 spiro atoms. The third kappa shape index (κ3) is 4.26. The van der Waals surface area contributed by atoms with Crippen LogP contribution < -0.4 is 10.9 Å². The van der Waals surface area contributed by atoms with Crippen LogP contribution in [-0.2, 0) is 4.79 Å². The Balaban J connectivity index is 1.98. The monoisotopic (exact) mass is 325 g/mol. The van der Waals surface area contributed by atoms with Gasteiger partial charge in [-0.25, -0.2) is 0 Å². The summed E-state index contributed by atoms with van der Waals surface area (Å²) in [5.41, 5.74) is 5.93. The van der Waals surface area contributed by atoms with Gasteiger partial charge in [-0.05, 0) is 30.7 Å². The van der Waals surface area contributed by atoms with E-state index in [1.165, 1.54) is 24.3 Å². The highest BCUT2D eigenvalue weighted by Crippen LogP contribution is 2.18. The van der Waals surface area contributed by atoms with Crippen molar-refractivity contribution in [1.82, 2.24) is 10.9 Å². The standard InChI is InChI=1S/C17H15N3O4/c1-12-6-2-4-8-14(12)17(22)19-18-16(21)11-10-13-7-3-5-9-15(13)20(23)24/h2-11H,1H3,(H,18,21)(H,19,22)/b11-10+. The molecule has 0 bridgehead atoms. The zero-order valence-electron chi connectivity index (χ0n) is 12.9. The van der Waals surface area contributed by atoms with Crippen molar-refractivity contribution in [2.45, 2.75) is 6.92 Å². The summed E-state index contributed by atoms with van der Waals surface area (Å²) in [6.07, 6.45) is 2.42. The van der Waals surface area contributed by atoms with Gasteiger partial charge in [-0.3, -0.25) is 30.6 Å². The zero-order chi connectivity index (χ0) is 17.5. The predicted octanol–water partition coefficient (Wildman–Crippen LogP) is 2.38. The van der Waals surface area contributed by atoms with E-state index in [1.807, 2.05) is 0 Å². The lowest BCUT2D eigenvalue weighted by atomic mass is 10.1. The number of para-hydroxylation sites is 1. The second kappa shape index (κ2) is 7.68. The average molecular weight is 325 g/mol. The Hall–Kier alpha value is -3.48. The first-order chi connectivity index (χ1) is 11.5. The normalized spacial score (nSPS) is 10.4. The van der Waals surface area contributed by atoms with Crippen molar-refractivity contribution in [2.75, 3.05) is 0 Å². The molecule has 0 aliphatic heterocycles. The van der Waals surface area contributed by atoms with E-state index in [2.05, 4.69) is 10.9 Å². The van der Waals surface area contributed by atoms with E-state index in [0.29, 0.717) is 11.1 Å². The van der Waals surface area contributed by atoms with Gasteiger partial charge in [-0.1, -0.05) is 30.3 Å². The first-order valence-corrected chi connectivity index (χ1v) is 7.06. The summed E-state index contributed by atoms with van der Waals surface area (Å²) in [5, 5.41) is 10.9. The van der Waals surface area contributed by atoms with Crippen molar-refractivity contribution in [3.05, 3.63) is 81.4 Å². The first-order valence-electron chi connectivity index (χ1n) is 7.06. The number of nitro benzene ring substituents is 1. The first kappa shape index (κ1) is 16.9. The number of hydrazine groups is 1. The molecule has 0 heterocycles. The predicted molar refractivity (Wildman–Crippen MR) is 88.9 cm³/mol. The number of aryl methyl sites for hydroxylation is 1. The molecule has 2 N–H and O–H groups in total. The molecule has 24 heavy (non-hydrogen) atoms. The number of nitrogens with zero attached hydrogens (tertiary/aromatic N) is 1. The second-order valence-electron chi connectivity index (χ2n) is 4.91. The number of rotatable bonds is 4. The van der Waals surface area contributed by atoms with E-state index < -0.39 is 16.7 Å². The van der Waals surface area contributed by atoms with Gasteiger partial charge in [0.25, 0.3) is 17.5 Å². The Kier molecular flexibility index (Phi) is 5.40. The van der Waals surface area contributed by atoms with E-state index in [9.17, 15) is 19.7 Å². The molecule has 2 rings (SSSR count). The molecule has 7 nitrogen and oxygen atoms in total. The Morgan fingerprint density at radius 3 is 2.42 bits per heavy atom. The maximum absolute atomic E-state index is 11.9. The molecule has 122 valence electrons. The minimum atomic E-state index is -0.602. The maximum atomic E-state index is 11.9. The fourth-order valence-corrected chi connectivity index (χ4v) is 2.02. The minimum absolute atomic E-state index is 0.106. The Bertz CT molecular complexity index is 815. The van der Waals surface area contributed by atoms with E-state index in [0.717, 1.165) is 11.6 Å². The van der Waals surface area contributed by atoms with Crippen LogP contribution >= 0.6 is 0 Å². The zero-order valence-corrected chi connectivity index (χ0v) is 12.9. The van der Waals surface area contributed by atoms with Gasteiger partial charge >= 0.3 is 0 Å². The number of carbonyl (C=O) groups excluding carboxylic acids is 2. The van der Waals surface area contributed by atoms with E-state index >= 15 is 0 Å². The third-order valence-corrected chi connectivity index (χ3v) is 3.24. The fraction of sp³-hybridized carbons (Fsp3) is 0.0588. The van der Waals surface area contributed by atoms with Crippen LogP contribution in [0.3, 0.4) is 0 Å². The van der Waals surface area contributed by atoms with Gasteiger partial charge in [0.15, 0.2) is 0 Å². The second-order valence-corrected chi connectivity index (χ2v) is 4.91. The molecule has 0 aliphatic carbocycles. The molecule has 2 aromatic carbocycles. The van der Waals surface area contributed by atoms with Gasteiger partial charge in [-0.15, -0.1) is 0 Å². The minimum Gasteiger partial charge on any atom is -0.268 e. The quantitative estimate of drug-likeness (QED) is 0.512. The highest BCUT2D eigenvalue weighted by Gasteiger charge is 2.11. The van der Waals surface area contributed by atoms with Crippen LogP contribution in [0.15, 0.2) is 54.6 Å². The third-order valence-electron chi connectivity index (χ3n) is 3.24. The lowest BCUT2D eigenvalue weighted by molar-refractivity contribution is -0.385. The van der Waals surface area contributed by atoms with Crippen LogP contribution in [0.1, 0.15) is 21.5 Å². The summed E-state index contributed by atoms with van der Waals surface area (Å²) >= 11 is 0. The molecule has 0 saturated heterocycles. The highest BCUT2D eigenvalue weighted by atomic mass is 16.6. The topological polar surface area (TPSA) is 101 Å². The van der Waals surface area contributed by atoms with Crippen molar-refractivity contribution in [3.63, 3.8) is 0 Å². The molecule has 7 heteroatoms. The lowest BCUT2D eigenvalue weighted by Gasteiger charge is -2.07. The van der Waals surface area contributed by atoms with Crippen molar-refractivity contribution in [2.24, 2.45) is 0 Å². The molecular formula is C17H15N3O4. The fourth-order valence-electron chi connectivity index (χ4n) is 2.02. The molecule has 0 atom stereocenters. The van der Waals surface area contributed by atoms with Gasteiger partial charge in [0.1, 0.15) is 0 Å². The van der Waals surface area contributed by atoms with E-state index in [-0.39, 0.29) is 5.69 Å². The number of carbonyl (C=O) groups is 2. The maximum Gasteiger partial charge on any atom is 0.276 e. The van der Waals surface area contributed by atoms with Gasteiger partial charge in [0.2, 0.25) is 0 Å². The van der Waals surface area contributed by atoms with Crippen LogP contribution in [-0.4, -0.2) is 16.7 Å². The van der Waals surface area contributed by atoms with Crippen LogP contribution in [0.4, 0.5) is 5.69 Å². The van der Waals surface area contributed by atoms with Crippen LogP contribution in [0, 0.1) is 17.0 Å². The van der Waals surface area contributed by atoms with E-state index in [1.54, 1.807) is 37.3 Å². The molecule has 0 aliphatic rings. The molecule has 2 amide bonds. The molecule has 0 fully saturated rings. The summed E-state index contributed by atoms with van der Waals surface area (Å²) in [6.45, 7) is 1.78. The average Bonchev–Trinajstić information content (AvgIpc) is 2.58. The smallest absolute Gasteiger partial charge is 0.268 e. The Morgan fingerprint density at radius 1 is 1.04 bits per heavy atom. The highest BCUT2D eigenvalue weighted by molar-refractivity contribution is 5.98. The number of benzene rings is 2. The lowest BCUT2D eigenvalue weighted by Crippen LogP contribution is -2.41. The van der Waals surface area contributed by atoms with Gasteiger partial charge in [0, 0.05) is 17.7 Å². The van der Waals surface area contributed by atoms with Crippen molar-refractivity contribution < 1.29 is 14.5 Å². The number of nitrogens with one attached hydrogen (secondary N) is 2. The van der Waals surface area contributed by atoms with Gasteiger partial charge < -0.3 is 0 Å². The number of nitro groups is 1. The number of hydrogen-bond donors (Lipinski definition) is 2. The molecule has 0 saturated carbocycles. The van der Waals surface area contributed by atoms with Gasteiger partial charge in [-0.2, -0.15) is 0 Å².